The van der Waals surface area contributed by atoms with E-state index in [1.165, 1.54) is 0 Å². The summed E-state index contributed by atoms with van der Waals surface area (Å²) in [6.45, 7) is 4.90. The molecule has 0 atom stereocenters. The van der Waals surface area contributed by atoms with Crippen LogP contribution >= 0.6 is 0 Å². The van der Waals surface area contributed by atoms with Crippen molar-refractivity contribution in [2.45, 2.75) is 13.8 Å². The van der Waals surface area contributed by atoms with Crippen molar-refractivity contribution in [3.05, 3.63) is 65.5 Å². The molecule has 1 amide bonds. The van der Waals surface area contributed by atoms with Crippen LogP contribution in [-0.2, 0) is 0 Å². The molecule has 7 nitrogen and oxygen atoms in total. The largest absolute Gasteiger partial charge is 0.367 e. The summed E-state index contributed by atoms with van der Waals surface area (Å²) in [5.41, 5.74) is 2.58. The normalized spacial score (nSPS) is 10.5. The van der Waals surface area contributed by atoms with Gasteiger partial charge in [-0.25, -0.2) is 4.68 Å². The summed E-state index contributed by atoms with van der Waals surface area (Å²) < 4.78 is 1.68. The summed E-state index contributed by atoms with van der Waals surface area (Å²) >= 11 is 0. The van der Waals surface area contributed by atoms with Gasteiger partial charge < -0.3 is 10.6 Å². The van der Waals surface area contributed by atoms with E-state index in [0.29, 0.717) is 30.3 Å². The molecule has 0 spiro atoms. The molecule has 0 unspecified atom stereocenters. The number of hydrogen-bond acceptors (Lipinski definition) is 5. The molecule has 0 saturated carbocycles. The number of aryl methyl sites for hydroxylation is 2. The summed E-state index contributed by atoms with van der Waals surface area (Å²) in [7, 11) is 0. The number of amides is 1. The molecule has 0 aliphatic heterocycles. The molecule has 2 N–H and O–H groups in total. The Morgan fingerprint density at radius 1 is 1.04 bits per heavy atom. The van der Waals surface area contributed by atoms with Crippen molar-refractivity contribution in [1.29, 1.82) is 0 Å². The van der Waals surface area contributed by atoms with Crippen LogP contribution in [0.2, 0.25) is 0 Å². The first-order valence-corrected chi connectivity index (χ1v) is 8.07. The van der Waals surface area contributed by atoms with Crippen LogP contribution in [0.3, 0.4) is 0 Å². The maximum absolute atomic E-state index is 12.1. The maximum atomic E-state index is 12.1. The van der Waals surface area contributed by atoms with E-state index in [4.69, 9.17) is 0 Å². The molecule has 0 radical (unpaired) electrons. The van der Waals surface area contributed by atoms with Crippen molar-refractivity contribution in [2.75, 3.05) is 18.4 Å². The minimum Gasteiger partial charge on any atom is -0.367 e. The standard InChI is InChI=1S/C18H20N6O/c1-13-5-3-4-6-15(13)18(25)20-11-10-19-16-7-8-17(22-21-16)24-12-9-14(2)23-24/h3-9,12H,10-11H2,1-2H3,(H,19,21)(H,20,25). The van der Waals surface area contributed by atoms with Crippen LogP contribution in [0, 0.1) is 13.8 Å². The van der Waals surface area contributed by atoms with Gasteiger partial charge in [0, 0.05) is 24.8 Å². The van der Waals surface area contributed by atoms with E-state index in [2.05, 4.69) is 25.9 Å². The lowest BCUT2D eigenvalue weighted by atomic mass is 10.1. The Kier molecular flexibility index (Phi) is 5.03. The van der Waals surface area contributed by atoms with Gasteiger partial charge in [0.05, 0.1) is 5.69 Å². The smallest absolute Gasteiger partial charge is 0.251 e. The lowest BCUT2D eigenvalue weighted by molar-refractivity contribution is 0.0954. The number of rotatable bonds is 6. The molecule has 2 aromatic heterocycles. The monoisotopic (exact) mass is 336 g/mol. The Balaban J connectivity index is 1.48. The zero-order chi connectivity index (χ0) is 17.6. The average molecular weight is 336 g/mol. The van der Waals surface area contributed by atoms with E-state index in [1.54, 1.807) is 4.68 Å². The predicted octanol–water partition coefficient (Wildman–Crippen LogP) is 2.12. The van der Waals surface area contributed by atoms with Crippen molar-refractivity contribution in [3.63, 3.8) is 0 Å². The summed E-state index contributed by atoms with van der Waals surface area (Å²) in [6, 6.07) is 13.1. The van der Waals surface area contributed by atoms with Gasteiger partial charge in [-0.2, -0.15) is 5.10 Å². The fraction of sp³-hybridized carbons (Fsp3) is 0.222. The molecular weight excluding hydrogens is 316 g/mol. The van der Waals surface area contributed by atoms with Crippen LogP contribution in [0.25, 0.3) is 5.82 Å². The molecule has 3 aromatic rings. The fourth-order valence-electron chi connectivity index (χ4n) is 2.37. The van der Waals surface area contributed by atoms with Crippen molar-refractivity contribution in [1.82, 2.24) is 25.3 Å². The third-order valence-electron chi connectivity index (χ3n) is 3.71. The highest BCUT2D eigenvalue weighted by Gasteiger charge is 2.07. The van der Waals surface area contributed by atoms with E-state index in [-0.39, 0.29) is 5.91 Å². The van der Waals surface area contributed by atoms with Crippen molar-refractivity contribution in [2.24, 2.45) is 0 Å². The highest BCUT2D eigenvalue weighted by atomic mass is 16.1. The number of benzene rings is 1. The molecule has 0 aliphatic carbocycles. The summed E-state index contributed by atoms with van der Waals surface area (Å²) in [4.78, 5) is 12.1. The van der Waals surface area contributed by atoms with Crippen molar-refractivity contribution < 1.29 is 4.79 Å². The highest BCUT2D eigenvalue weighted by Crippen LogP contribution is 2.07. The minimum absolute atomic E-state index is 0.0737. The molecule has 25 heavy (non-hydrogen) atoms. The predicted molar refractivity (Wildman–Crippen MR) is 95.9 cm³/mol. The number of carbonyl (C=O) groups is 1. The zero-order valence-corrected chi connectivity index (χ0v) is 14.2. The first-order valence-electron chi connectivity index (χ1n) is 8.07. The summed E-state index contributed by atoms with van der Waals surface area (Å²) in [5, 5.41) is 18.6. The molecule has 2 heterocycles. The van der Waals surface area contributed by atoms with Crippen LogP contribution in [0.4, 0.5) is 5.82 Å². The van der Waals surface area contributed by atoms with Gasteiger partial charge in [0.2, 0.25) is 0 Å². The van der Waals surface area contributed by atoms with Crippen LogP contribution < -0.4 is 10.6 Å². The van der Waals surface area contributed by atoms with E-state index in [1.807, 2.05) is 62.5 Å². The van der Waals surface area contributed by atoms with E-state index >= 15 is 0 Å². The minimum atomic E-state index is -0.0737. The Morgan fingerprint density at radius 3 is 2.56 bits per heavy atom. The third-order valence-corrected chi connectivity index (χ3v) is 3.71. The zero-order valence-electron chi connectivity index (χ0n) is 14.2. The summed E-state index contributed by atoms with van der Waals surface area (Å²) in [6.07, 6.45) is 1.84. The van der Waals surface area contributed by atoms with Crippen LogP contribution in [-0.4, -0.2) is 39.0 Å². The fourth-order valence-corrected chi connectivity index (χ4v) is 2.37. The van der Waals surface area contributed by atoms with E-state index in [9.17, 15) is 4.79 Å². The van der Waals surface area contributed by atoms with Gasteiger partial charge in [0.15, 0.2) is 5.82 Å². The molecule has 0 saturated heterocycles. The molecule has 128 valence electrons. The number of nitrogens with one attached hydrogen (secondary N) is 2. The highest BCUT2D eigenvalue weighted by molar-refractivity contribution is 5.95. The van der Waals surface area contributed by atoms with Gasteiger partial charge >= 0.3 is 0 Å². The van der Waals surface area contributed by atoms with Gasteiger partial charge in [0.25, 0.3) is 5.91 Å². The summed E-state index contributed by atoms with van der Waals surface area (Å²) in [5.74, 6) is 1.24. The molecule has 0 bridgehead atoms. The molecule has 0 aliphatic rings. The molecule has 1 aromatic carbocycles. The van der Waals surface area contributed by atoms with Crippen LogP contribution in [0.1, 0.15) is 21.6 Å². The third kappa shape index (κ3) is 4.20. The lowest BCUT2D eigenvalue weighted by Gasteiger charge is -2.09. The van der Waals surface area contributed by atoms with Crippen LogP contribution in [0.15, 0.2) is 48.7 Å². The molecule has 0 fully saturated rings. The van der Waals surface area contributed by atoms with Gasteiger partial charge in [-0.1, -0.05) is 18.2 Å². The Labute approximate surface area is 146 Å². The number of anilines is 1. The van der Waals surface area contributed by atoms with E-state index < -0.39 is 0 Å². The quantitative estimate of drug-likeness (QED) is 0.674. The second-order valence-corrected chi connectivity index (χ2v) is 5.68. The first-order chi connectivity index (χ1) is 12.1. The first kappa shape index (κ1) is 16.6. The SMILES string of the molecule is Cc1ccn(-c2ccc(NCCNC(=O)c3ccccc3C)nn2)n1. The van der Waals surface area contributed by atoms with Crippen molar-refractivity contribution in [3.8, 4) is 5.82 Å². The van der Waals surface area contributed by atoms with Crippen molar-refractivity contribution >= 4 is 11.7 Å². The number of nitrogens with zero attached hydrogens (tertiary/aromatic N) is 4. The maximum Gasteiger partial charge on any atom is 0.251 e. The molecular formula is C18H20N6O. The average Bonchev–Trinajstić information content (AvgIpc) is 3.06. The second-order valence-electron chi connectivity index (χ2n) is 5.68. The topological polar surface area (TPSA) is 84.7 Å². The van der Waals surface area contributed by atoms with Gasteiger partial charge in [-0.05, 0) is 43.7 Å². The van der Waals surface area contributed by atoms with Gasteiger partial charge in [-0.15, -0.1) is 10.2 Å². The van der Waals surface area contributed by atoms with Crippen LogP contribution in [0.5, 0.6) is 0 Å². The number of hydrogen-bond donors (Lipinski definition) is 2. The van der Waals surface area contributed by atoms with Gasteiger partial charge in [0.1, 0.15) is 5.82 Å². The Hall–Kier alpha value is -3.22. The lowest BCUT2D eigenvalue weighted by Crippen LogP contribution is -2.29. The Bertz CT molecular complexity index is 856. The molecule has 7 heteroatoms. The van der Waals surface area contributed by atoms with E-state index in [0.717, 1.165) is 11.3 Å². The number of carbonyl (C=O) groups excluding carboxylic acids is 1. The van der Waals surface area contributed by atoms with Gasteiger partial charge in [-0.3, -0.25) is 4.79 Å². The second kappa shape index (κ2) is 7.57. The Morgan fingerprint density at radius 2 is 1.88 bits per heavy atom. The number of aromatic nitrogens is 4. The molecule has 3 rings (SSSR count).